The third-order valence-electron chi connectivity index (χ3n) is 1.32. The summed E-state index contributed by atoms with van der Waals surface area (Å²) >= 11 is 0. The molecule has 0 aromatic heterocycles. The predicted octanol–water partition coefficient (Wildman–Crippen LogP) is 0.601. The number of hydrogen-bond acceptors (Lipinski definition) is 2. The lowest BCUT2D eigenvalue weighted by molar-refractivity contribution is 0.423. The van der Waals surface area contributed by atoms with Crippen molar-refractivity contribution in [1.29, 1.82) is 0 Å². The van der Waals surface area contributed by atoms with Gasteiger partial charge in [0.2, 0.25) is 0 Å². The first-order valence-electron chi connectivity index (χ1n) is 3.08. The summed E-state index contributed by atoms with van der Waals surface area (Å²) in [5.41, 5.74) is 1.00. The van der Waals surface area contributed by atoms with Crippen molar-refractivity contribution in [2.45, 2.75) is 20.8 Å². The summed E-state index contributed by atoms with van der Waals surface area (Å²) in [5, 5.41) is 16.9. The van der Waals surface area contributed by atoms with Crippen LogP contribution in [0.4, 0.5) is 0 Å². The lowest BCUT2D eigenvalue weighted by atomic mass is 9.86. The summed E-state index contributed by atoms with van der Waals surface area (Å²) in [6.45, 7) is 5.90. The SMILES string of the molecule is C/C(=C\B(O)O)C(C)C. The van der Waals surface area contributed by atoms with Crippen LogP contribution in [0.15, 0.2) is 11.5 Å². The maximum absolute atomic E-state index is 8.45. The highest BCUT2D eigenvalue weighted by molar-refractivity contribution is 6.47. The second-order valence-corrected chi connectivity index (χ2v) is 2.48. The van der Waals surface area contributed by atoms with Gasteiger partial charge >= 0.3 is 7.12 Å². The average molecular weight is 128 g/mol. The molecule has 9 heavy (non-hydrogen) atoms. The minimum atomic E-state index is -1.30. The van der Waals surface area contributed by atoms with E-state index in [4.69, 9.17) is 10.0 Å². The van der Waals surface area contributed by atoms with Crippen molar-refractivity contribution in [2.75, 3.05) is 0 Å². The van der Waals surface area contributed by atoms with Gasteiger partial charge in [-0.3, -0.25) is 0 Å². The van der Waals surface area contributed by atoms with E-state index < -0.39 is 7.12 Å². The summed E-state index contributed by atoms with van der Waals surface area (Å²) in [4.78, 5) is 0. The Kier molecular flexibility index (Phi) is 3.58. The van der Waals surface area contributed by atoms with Crippen molar-refractivity contribution in [1.82, 2.24) is 0 Å². The van der Waals surface area contributed by atoms with Gasteiger partial charge in [0.15, 0.2) is 0 Å². The molecule has 0 aliphatic heterocycles. The van der Waals surface area contributed by atoms with Gasteiger partial charge in [-0.05, 0) is 12.8 Å². The van der Waals surface area contributed by atoms with Crippen LogP contribution in [0.3, 0.4) is 0 Å². The van der Waals surface area contributed by atoms with E-state index in [1.54, 1.807) is 0 Å². The van der Waals surface area contributed by atoms with Crippen molar-refractivity contribution in [2.24, 2.45) is 5.92 Å². The van der Waals surface area contributed by atoms with E-state index in [1.165, 1.54) is 5.98 Å². The van der Waals surface area contributed by atoms with Crippen LogP contribution < -0.4 is 0 Å². The maximum Gasteiger partial charge on any atom is 0.480 e. The Hall–Kier alpha value is -0.275. The largest absolute Gasteiger partial charge is 0.480 e. The molecule has 3 heteroatoms. The third kappa shape index (κ3) is 4.24. The van der Waals surface area contributed by atoms with Crippen molar-refractivity contribution in [3.8, 4) is 0 Å². The quantitative estimate of drug-likeness (QED) is 0.534. The van der Waals surface area contributed by atoms with Gasteiger partial charge in [0.1, 0.15) is 0 Å². The molecule has 0 amide bonds. The molecule has 2 N–H and O–H groups in total. The summed E-state index contributed by atoms with van der Waals surface area (Å²) in [6.07, 6.45) is 0. The molecular weight excluding hydrogens is 115 g/mol. The molecule has 52 valence electrons. The first kappa shape index (κ1) is 8.72. The molecule has 0 aromatic rings. The van der Waals surface area contributed by atoms with Gasteiger partial charge in [0, 0.05) is 0 Å². The topological polar surface area (TPSA) is 40.5 Å². The predicted molar refractivity (Wildman–Crippen MR) is 38.8 cm³/mol. The van der Waals surface area contributed by atoms with Crippen molar-refractivity contribution in [3.05, 3.63) is 11.5 Å². The lowest BCUT2D eigenvalue weighted by Gasteiger charge is -2.02. The van der Waals surface area contributed by atoms with Crippen molar-refractivity contribution >= 4 is 7.12 Å². The van der Waals surface area contributed by atoms with Gasteiger partial charge in [0.05, 0.1) is 0 Å². The second kappa shape index (κ2) is 3.69. The van der Waals surface area contributed by atoms with E-state index >= 15 is 0 Å². The van der Waals surface area contributed by atoms with Gasteiger partial charge in [-0.2, -0.15) is 0 Å². The molecule has 0 saturated carbocycles. The first-order chi connectivity index (χ1) is 4.04. The summed E-state index contributed by atoms with van der Waals surface area (Å²) < 4.78 is 0. The Balaban J connectivity index is 3.84. The van der Waals surface area contributed by atoms with Crippen LogP contribution in [0.2, 0.25) is 0 Å². The van der Waals surface area contributed by atoms with E-state index in [0.29, 0.717) is 5.92 Å². The third-order valence-corrected chi connectivity index (χ3v) is 1.32. The van der Waals surface area contributed by atoms with Crippen LogP contribution in [-0.4, -0.2) is 17.2 Å². The molecule has 0 aromatic carbocycles. The van der Waals surface area contributed by atoms with E-state index in [9.17, 15) is 0 Å². The Morgan fingerprint density at radius 3 is 2.00 bits per heavy atom. The van der Waals surface area contributed by atoms with E-state index in [-0.39, 0.29) is 0 Å². The fraction of sp³-hybridized carbons (Fsp3) is 0.667. The molecule has 0 aliphatic carbocycles. The average Bonchev–Trinajstić information content (AvgIpc) is 1.63. The van der Waals surface area contributed by atoms with Crippen LogP contribution in [0, 0.1) is 5.92 Å². The van der Waals surface area contributed by atoms with E-state index in [1.807, 2.05) is 20.8 Å². The number of rotatable bonds is 2. The van der Waals surface area contributed by atoms with Crippen LogP contribution in [-0.2, 0) is 0 Å². The van der Waals surface area contributed by atoms with Crippen LogP contribution in [0.5, 0.6) is 0 Å². The van der Waals surface area contributed by atoms with Gasteiger partial charge in [-0.1, -0.05) is 25.4 Å². The molecular formula is C6H13BO2. The Bertz CT molecular complexity index is 108. The number of allylic oxidation sites excluding steroid dienone is 1. The fourth-order valence-electron chi connectivity index (χ4n) is 0.428. The van der Waals surface area contributed by atoms with Crippen molar-refractivity contribution < 1.29 is 10.0 Å². The zero-order chi connectivity index (χ0) is 7.44. The molecule has 0 spiro atoms. The fourth-order valence-corrected chi connectivity index (χ4v) is 0.428. The number of hydrogen-bond donors (Lipinski definition) is 2. The molecule has 0 aliphatic rings. The maximum atomic E-state index is 8.45. The molecule has 0 fully saturated rings. The summed E-state index contributed by atoms with van der Waals surface area (Å²) in [6, 6.07) is 0. The molecule has 2 nitrogen and oxygen atoms in total. The highest BCUT2D eigenvalue weighted by Crippen LogP contribution is 2.06. The zero-order valence-corrected chi connectivity index (χ0v) is 6.13. The highest BCUT2D eigenvalue weighted by atomic mass is 16.4. The van der Waals surface area contributed by atoms with Gasteiger partial charge in [-0.15, -0.1) is 0 Å². The lowest BCUT2D eigenvalue weighted by Crippen LogP contribution is -2.08. The van der Waals surface area contributed by atoms with Gasteiger partial charge in [-0.25, -0.2) is 0 Å². The minimum Gasteiger partial charge on any atom is -0.424 e. The molecule has 0 bridgehead atoms. The molecule has 0 unspecified atom stereocenters. The Labute approximate surface area is 56.4 Å². The van der Waals surface area contributed by atoms with Crippen LogP contribution in [0.25, 0.3) is 0 Å². The smallest absolute Gasteiger partial charge is 0.424 e. The van der Waals surface area contributed by atoms with E-state index in [0.717, 1.165) is 5.57 Å². The Morgan fingerprint density at radius 1 is 1.44 bits per heavy atom. The van der Waals surface area contributed by atoms with Gasteiger partial charge in [0.25, 0.3) is 0 Å². The first-order valence-corrected chi connectivity index (χ1v) is 3.08. The standard InChI is InChI=1S/C6H13BO2/c1-5(2)6(3)4-7(8)9/h4-5,8-9H,1-3H3/b6-4+. The Morgan fingerprint density at radius 2 is 1.89 bits per heavy atom. The highest BCUT2D eigenvalue weighted by Gasteiger charge is 2.03. The molecule has 0 saturated heterocycles. The molecule has 0 atom stereocenters. The van der Waals surface area contributed by atoms with E-state index in [2.05, 4.69) is 0 Å². The zero-order valence-electron chi connectivity index (χ0n) is 6.13. The minimum absolute atomic E-state index is 0.395. The normalized spacial score (nSPS) is 12.4. The van der Waals surface area contributed by atoms with Gasteiger partial charge < -0.3 is 10.0 Å². The summed E-state index contributed by atoms with van der Waals surface area (Å²) in [7, 11) is -1.30. The summed E-state index contributed by atoms with van der Waals surface area (Å²) in [5.74, 6) is 1.83. The molecule has 0 rings (SSSR count). The van der Waals surface area contributed by atoms with Crippen molar-refractivity contribution in [3.63, 3.8) is 0 Å². The monoisotopic (exact) mass is 128 g/mol. The second-order valence-electron chi connectivity index (χ2n) is 2.48. The van der Waals surface area contributed by atoms with Crippen LogP contribution >= 0.6 is 0 Å². The van der Waals surface area contributed by atoms with Crippen LogP contribution in [0.1, 0.15) is 20.8 Å². The molecule has 0 heterocycles. The molecule has 0 radical (unpaired) electrons.